The molecule has 0 aromatic heterocycles. The molecule has 5 heteroatoms. The highest BCUT2D eigenvalue weighted by Crippen LogP contribution is 2.47. The van der Waals surface area contributed by atoms with E-state index in [0.717, 1.165) is 11.1 Å². The molecule has 22 heavy (non-hydrogen) atoms. The first kappa shape index (κ1) is 14.5. The van der Waals surface area contributed by atoms with Gasteiger partial charge in [0.1, 0.15) is 24.2 Å². The van der Waals surface area contributed by atoms with Crippen molar-refractivity contribution in [3.8, 4) is 34.1 Å². The van der Waals surface area contributed by atoms with Gasteiger partial charge < -0.3 is 24.7 Å². The maximum atomic E-state index is 6.00. The Labute approximate surface area is 129 Å². The number of benzene rings is 2. The SMILES string of the molecule is COc1cccc(OC)c1-c1cccc2c1O[C@@H](CN)CO2. The van der Waals surface area contributed by atoms with E-state index in [1.807, 2.05) is 36.4 Å². The second-order valence-electron chi connectivity index (χ2n) is 4.96. The summed E-state index contributed by atoms with van der Waals surface area (Å²) in [5, 5.41) is 0. The Morgan fingerprint density at radius 3 is 2.41 bits per heavy atom. The lowest BCUT2D eigenvalue weighted by Crippen LogP contribution is -2.35. The van der Waals surface area contributed by atoms with Gasteiger partial charge in [0, 0.05) is 12.1 Å². The molecular weight excluding hydrogens is 282 g/mol. The van der Waals surface area contributed by atoms with Gasteiger partial charge in [0.25, 0.3) is 0 Å². The highest BCUT2D eigenvalue weighted by atomic mass is 16.6. The minimum atomic E-state index is -0.158. The Morgan fingerprint density at radius 1 is 1.09 bits per heavy atom. The molecule has 116 valence electrons. The molecule has 0 unspecified atom stereocenters. The summed E-state index contributed by atoms with van der Waals surface area (Å²) < 4.78 is 22.7. The number of methoxy groups -OCH3 is 2. The van der Waals surface area contributed by atoms with Gasteiger partial charge in [-0.2, -0.15) is 0 Å². The number of hydrogen-bond donors (Lipinski definition) is 1. The van der Waals surface area contributed by atoms with Crippen LogP contribution in [0.5, 0.6) is 23.0 Å². The fraction of sp³-hybridized carbons (Fsp3) is 0.294. The van der Waals surface area contributed by atoms with Crippen molar-refractivity contribution in [3.63, 3.8) is 0 Å². The van der Waals surface area contributed by atoms with E-state index < -0.39 is 0 Å². The van der Waals surface area contributed by atoms with Crippen LogP contribution in [0.2, 0.25) is 0 Å². The van der Waals surface area contributed by atoms with Crippen molar-refractivity contribution in [1.82, 2.24) is 0 Å². The maximum absolute atomic E-state index is 6.00. The average molecular weight is 301 g/mol. The van der Waals surface area contributed by atoms with Gasteiger partial charge in [0.2, 0.25) is 0 Å². The molecule has 3 rings (SSSR count). The Balaban J connectivity index is 2.18. The molecular formula is C17H19NO4. The fourth-order valence-electron chi connectivity index (χ4n) is 2.56. The molecule has 0 fully saturated rings. The van der Waals surface area contributed by atoms with E-state index >= 15 is 0 Å². The standard InChI is InChI=1S/C17H19NO4/c1-19-13-6-4-7-14(20-2)16(13)12-5-3-8-15-17(12)22-11(9-18)10-21-15/h3-8,11H,9-10,18H2,1-2H3/t11-/m0/s1. The van der Waals surface area contributed by atoms with Crippen molar-refractivity contribution < 1.29 is 18.9 Å². The van der Waals surface area contributed by atoms with Crippen molar-refractivity contribution in [2.75, 3.05) is 27.4 Å². The van der Waals surface area contributed by atoms with Crippen LogP contribution in [0.4, 0.5) is 0 Å². The van der Waals surface area contributed by atoms with Crippen LogP contribution in [0.3, 0.4) is 0 Å². The molecule has 0 bridgehead atoms. The lowest BCUT2D eigenvalue weighted by atomic mass is 10.0. The average Bonchev–Trinajstić information content (AvgIpc) is 2.59. The van der Waals surface area contributed by atoms with Crippen LogP contribution in [0.15, 0.2) is 36.4 Å². The summed E-state index contributed by atoms with van der Waals surface area (Å²) in [7, 11) is 3.27. The van der Waals surface area contributed by atoms with E-state index in [1.165, 1.54) is 0 Å². The first-order chi connectivity index (χ1) is 10.8. The van der Waals surface area contributed by atoms with Gasteiger partial charge in [-0.15, -0.1) is 0 Å². The van der Waals surface area contributed by atoms with Crippen LogP contribution in [-0.4, -0.2) is 33.5 Å². The summed E-state index contributed by atoms with van der Waals surface area (Å²) in [6, 6.07) is 11.4. The van der Waals surface area contributed by atoms with E-state index in [2.05, 4.69) is 0 Å². The molecule has 0 spiro atoms. The number of rotatable bonds is 4. The fourth-order valence-corrected chi connectivity index (χ4v) is 2.56. The lowest BCUT2D eigenvalue weighted by Gasteiger charge is -2.28. The van der Waals surface area contributed by atoms with Crippen LogP contribution in [-0.2, 0) is 0 Å². The molecule has 2 N–H and O–H groups in total. The second kappa shape index (κ2) is 6.15. The molecule has 1 heterocycles. The topological polar surface area (TPSA) is 62.9 Å². The summed E-state index contributed by atoms with van der Waals surface area (Å²) in [6.07, 6.45) is -0.158. The molecule has 0 aliphatic carbocycles. The zero-order chi connectivity index (χ0) is 15.5. The van der Waals surface area contributed by atoms with E-state index in [4.69, 9.17) is 24.7 Å². The summed E-state index contributed by atoms with van der Waals surface area (Å²) in [4.78, 5) is 0. The van der Waals surface area contributed by atoms with Crippen molar-refractivity contribution in [2.24, 2.45) is 5.73 Å². The minimum Gasteiger partial charge on any atom is -0.496 e. The predicted molar refractivity (Wildman–Crippen MR) is 83.9 cm³/mol. The summed E-state index contributed by atoms with van der Waals surface area (Å²) in [6.45, 7) is 0.854. The van der Waals surface area contributed by atoms with Crippen molar-refractivity contribution in [3.05, 3.63) is 36.4 Å². The molecule has 0 saturated carbocycles. The zero-order valence-corrected chi connectivity index (χ0v) is 12.7. The third kappa shape index (κ3) is 2.44. The van der Waals surface area contributed by atoms with Gasteiger partial charge in [0.15, 0.2) is 11.5 Å². The zero-order valence-electron chi connectivity index (χ0n) is 12.7. The maximum Gasteiger partial charge on any atom is 0.169 e. The van der Waals surface area contributed by atoms with Gasteiger partial charge in [-0.25, -0.2) is 0 Å². The molecule has 2 aromatic carbocycles. The van der Waals surface area contributed by atoms with Crippen LogP contribution in [0.25, 0.3) is 11.1 Å². The summed E-state index contributed by atoms with van der Waals surface area (Å²) >= 11 is 0. The van der Waals surface area contributed by atoms with Crippen molar-refractivity contribution in [2.45, 2.75) is 6.10 Å². The Kier molecular flexibility index (Phi) is 4.06. The van der Waals surface area contributed by atoms with E-state index in [0.29, 0.717) is 36.1 Å². The van der Waals surface area contributed by atoms with E-state index in [-0.39, 0.29) is 6.10 Å². The van der Waals surface area contributed by atoms with Crippen molar-refractivity contribution in [1.29, 1.82) is 0 Å². The van der Waals surface area contributed by atoms with Gasteiger partial charge in [-0.3, -0.25) is 0 Å². The molecule has 0 radical (unpaired) electrons. The smallest absolute Gasteiger partial charge is 0.169 e. The molecule has 5 nitrogen and oxygen atoms in total. The normalized spacial score (nSPS) is 16.2. The van der Waals surface area contributed by atoms with Crippen LogP contribution < -0.4 is 24.7 Å². The third-order valence-corrected chi connectivity index (χ3v) is 3.65. The van der Waals surface area contributed by atoms with Crippen molar-refractivity contribution >= 4 is 0 Å². The first-order valence-electron chi connectivity index (χ1n) is 7.12. The van der Waals surface area contributed by atoms with Crippen LogP contribution in [0.1, 0.15) is 0 Å². The minimum absolute atomic E-state index is 0.158. The van der Waals surface area contributed by atoms with Gasteiger partial charge in [-0.1, -0.05) is 18.2 Å². The van der Waals surface area contributed by atoms with E-state index in [1.54, 1.807) is 14.2 Å². The molecule has 0 amide bonds. The molecule has 1 aliphatic heterocycles. The quantitative estimate of drug-likeness (QED) is 0.940. The molecule has 1 aliphatic rings. The Morgan fingerprint density at radius 2 is 1.77 bits per heavy atom. The Bertz CT molecular complexity index is 649. The largest absolute Gasteiger partial charge is 0.496 e. The highest BCUT2D eigenvalue weighted by Gasteiger charge is 2.25. The number of ether oxygens (including phenoxy) is 4. The number of fused-ring (bicyclic) bond motifs is 1. The lowest BCUT2D eigenvalue weighted by molar-refractivity contribution is 0.0976. The number of nitrogens with two attached hydrogens (primary N) is 1. The predicted octanol–water partition coefficient (Wildman–Crippen LogP) is 2.47. The number of hydrogen-bond acceptors (Lipinski definition) is 5. The summed E-state index contributed by atoms with van der Waals surface area (Å²) in [5.41, 5.74) is 7.41. The second-order valence-corrected chi connectivity index (χ2v) is 4.96. The molecule has 0 saturated heterocycles. The Hall–Kier alpha value is -2.40. The van der Waals surface area contributed by atoms with Gasteiger partial charge >= 0.3 is 0 Å². The van der Waals surface area contributed by atoms with E-state index in [9.17, 15) is 0 Å². The molecule has 2 aromatic rings. The molecule has 1 atom stereocenters. The van der Waals surface area contributed by atoms with Crippen LogP contribution >= 0.6 is 0 Å². The van der Waals surface area contributed by atoms with Gasteiger partial charge in [0.05, 0.1) is 19.8 Å². The third-order valence-electron chi connectivity index (χ3n) is 3.65. The number of para-hydroxylation sites is 1. The highest BCUT2D eigenvalue weighted by molar-refractivity contribution is 5.83. The summed E-state index contributed by atoms with van der Waals surface area (Å²) in [5.74, 6) is 2.81. The first-order valence-corrected chi connectivity index (χ1v) is 7.12. The van der Waals surface area contributed by atoms with Crippen LogP contribution in [0, 0.1) is 0 Å². The monoisotopic (exact) mass is 301 g/mol. The van der Waals surface area contributed by atoms with Gasteiger partial charge in [-0.05, 0) is 18.2 Å².